The third kappa shape index (κ3) is 4.15. The van der Waals surface area contributed by atoms with Gasteiger partial charge < -0.3 is 20.2 Å². The summed E-state index contributed by atoms with van der Waals surface area (Å²) in [6.07, 6.45) is 2.99. The van der Waals surface area contributed by atoms with Gasteiger partial charge in [-0.15, -0.1) is 0 Å². The molecule has 0 spiro atoms. The zero-order valence-electron chi connectivity index (χ0n) is 15.1. The number of hydrogen-bond acceptors (Lipinski definition) is 6. The zero-order valence-corrected chi connectivity index (χ0v) is 15.9. The van der Waals surface area contributed by atoms with E-state index in [0.717, 1.165) is 12.8 Å². The first-order chi connectivity index (χ1) is 13.0. The normalized spacial score (nSPS) is 15.0. The minimum atomic E-state index is -3.69. The molecular formula is C18H23N3O5S. The van der Waals surface area contributed by atoms with Gasteiger partial charge >= 0.3 is 0 Å². The van der Waals surface area contributed by atoms with Crippen LogP contribution in [0.25, 0.3) is 0 Å². The SMILES string of the molecule is CCOc1ccc(NC(=O)c2coc(CN)c2)cc1S(=O)(=O)N1CCCC1. The number of ether oxygens (including phenoxy) is 1. The van der Waals surface area contributed by atoms with E-state index in [1.54, 1.807) is 25.1 Å². The fourth-order valence-corrected chi connectivity index (χ4v) is 4.61. The number of sulfonamides is 1. The van der Waals surface area contributed by atoms with E-state index in [1.165, 1.54) is 16.6 Å². The Morgan fingerprint density at radius 3 is 2.67 bits per heavy atom. The first-order valence-corrected chi connectivity index (χ1v) is 10.3. The molecule has 2 heterocycles. The molecule has 146 valence electrons. The molecule has 1 aliphatic heterocycles. The Hall–Kier alpha value is -2.36. The fraction of sp³-hybridized carbons (Fsp3) is 0.389. The topological polar surface area (TPSA) is 115 Å². The van der Waals surface area contributed by atoms with Crippen LogP contribution in [0.2, 0.25) is 0 Å². The second-order valence-electron chi connectivity index (χ2n) is 6.17. The Kier molecular flexibility index (Phi) is 5.83. The van der Waals surface area contributed by atoms with Gasteiger partial charge in [0.05, 0.1) is 18.7 Å². The van der Waals surface area contributed by atoms with Crippen molar-refractivity contribution in [2.24, 2.45) is 5.73 Å². The Balaban J connectivity index is 1.89. The summed E-state index contributed by atoms with van der Waals surface area (Å²) in [5.41, 5.74) is 6.15. The molecule has 2 aromatic rings. The largest absolute Gasteiger partial charge is 0.492 e. The number of carbonyl (C=O) groups is 1. The summed E-state index contributed by atoms with van der Waals surface area (Å²) >= 11 is 0. The van der Waals surface area contributed by atoms with E-state index >= 15 is 0 Å². The Morgan fingerprint density at radius 1 is 1.30 bits per heavy atom. The average molecular weight is 393 g/mol. The number of nitrogens with one attached hydrogen (secondary N) is 1. The summed E-state index contributed by atoms with van der Waals surface area (Å²) in [5, 5.41) is 2.69. The van der Waals surface area contributed by atoms with Gasteiger partial charge in [-0.3, -0.25) is 4.79 Å². The molecule has 1 aromatic heterocycles. The quantitative estimate of drug-likeness (QED) is 0.745. The number of nitrogens with zero attached hydrogens (tertiary/aromatic N) is 1. The number of rotatable bonds is 7. The molecule has 3 N–H and O–H groups in total. The monoisotopic (exact) mass is 393 g/mol. The second-order valence-corrected chi connectivity index (χ2v) is 8.07. The highest BCUT2D eigenvalue weighted by Crippen LogP contribution is 2.31. The molecule has 3 rings (SSSR count). The van der Waals surface area contributed by atoms with Gasteiger partial charge in [-0.1, -0.05) is 0 Å². The van der Waals surface area contributed by atoms with Crippen LogP contribution in [-0.2, 0) is 16.6 Å². The molecule has 1 fully saturated rings. The van der Waals surface area contributed by atoms with E-state index < -0.39 is 15.9 Å². The minimum Gasteiger partial charge on any atom is -0.492 e. The molecule has 8 nitrogen and oxygen atoms in total. The molecular weight excluding hydrogens is 370 g/mol. The fourth-order valence-electron chi connectivity index (χ4n) is 2.94. The molecule has 1 amide bonds. The first kappa shape index (κ1) is 19.4. The standard InChI is InChI=1S/C18H23N3O5S/c1-2-25-16-6-5-14(20-18(22)13-9-15(11-19)26-12-13)10-17(16)27(23,24)21-7-3-4-8-21/h5-6,9-10,12H,2-4,7-8,11,19H2,1H3,(H,20,22). The van der Waals surface area contributed by atoms with Crippen LogP contribution in [-0.4, -0.2) is 38.3 Å². The van der Waals surface area contributed by atoms with Gasteiger partial charge in [0.25, 0.3) is 5.91 Å². The third-order valence-electron chi connectivity index (χ3n) is 4.30. The highest BCUT2D eigenvalue weighted by Gasteiger charge is 2.30. The predicted molar refractivity (Wildman–Crippen MR) is 100 cm³/mol. The van der Waals surface area contributed by atoms with Crippen molar-refractivity contribution in [3.8, 4) is 5.75 Å². The highest BCUT2D eigenvalue weighted by molar-refractivity contribution is 7.89. The average Bonchev–Trinajstić information content (AvgIpc) is 3.35. The van der Waals surface area contributed by atoms with Crippen LogP contribution in [0.1, 0.15) is 35.9 Å². The van der Waals surface area contributed by atoms with Crippen molar-refractivity contribution in [1.82, 2.24) is 4.31 Å². The Labute approximate surface area is 158 Å². The van der Waals surface area contributed by atoms with Crippen LogP contribution in [0.5, 0.6) is 5.75 Å². The molecule has 0 saturated carbocycles. The van der Waals surface area contributed by atoms with E-state index in [2.05, 4.69) is 5.32 Å². The maximum absolute atomic E-state index is 13.0. The predicted octanol–water partition coefficient (Wildman–Crippen LogP) is 2.17. The van der Waals surface area contributed by atoms with Gasteiger partial charge in [-0.2, -0.15) is 4.31 Å². The van der Waals surface area contributed by atoms with Crippen molar-refractivity contribution in [2.75, 3.05) is 25.0 Å². The zero-order chi connectivity index (χ0) is 19.4. The highest BCUT2D eigenvalue weighted by atomic mass is 32.2. The lowest BCUT2D eigenvalue weighted by atomic mass is 10.2. The number of furan rings is 1. The van der Waals surface area contributed by atoms with Crippen LogP contribution in [0.4, 0.5) is 5.69 Å². The maximum Gasteiger partial charge on any atom is 0.258 e. The number of benzene rings is 1. The van der Waals surface area contributed by atoms with Crippen molar-refractivity contribution in [1.29, 1.82) is 0 Å². The van der Waals surface area contributed by atoms with Crippen LogP contribution in [0, 0.1) is 0 Å². The molecule has 0 bridgehead atoms. The molecule has 27 heavy (non-hydrogen) atoms. The molecule has 1 aliphatic rings. The third-order valence-corrected chi connectivity index (χ3v) is 6.22. The molecule has 0 unspecified atom stereocenters. The lowest BCUT2D eigenvalue weighted by Crippen LogP contribution is -2.28. The van der Waals surface area contributed by atoms with Crippen molar-refractivity contribution in [2.45, 2.75) is 31.2 Å². The Bertz CT molecular complexity index is 917. The lowest BCUT2D eigenvalue weighted by molar-refractivity contribution is 0.102. The minimum absolute atomic E-state index is 0.0545. The van der Waals surface area contributed by atoms with Gasteiger partial charge in [0, 0.05) is 18.8 Å². The Morgan fingerprint density at radius 2 is 2.04 bits per heavy atom. The van der Waals surface area contributed by atoms with Gasteiger partial charge in [0.15, 0.2) is 0 Å². The van der Waals surface area contributed by atoms with Crippen LogP contribution < -0.4 is 15.8 Å². The summed E-state index contributed by atoms with van der Waals surface area (Å²) in [4.78, 5) is 12.4. The van der Waals surface area contributed by atoms with Crippen molar-refractivity contribution >= 4 is 21.6 Å². The molecule has 0 aliphatic carbocycles. The summed E-state index contributed by atoms with van der Waals surface area (Å²) < 4.78 is 38.1. The number of carbonyl (C=O) groups excluding carboxylic acids is 1. The van der Waals surface area contributed by atoms with Crippen molar-refractivity contribution < 1.29 is 22.4 Å². The molecule has 1 aromatic carbocycles. The van der Waals surface area contributed by atoms with Crippen molar-refractivity contribution in [3.63, 3.8) is 0 Å². The number of anilines is 1. The van der Waals surface area contributed by atoms with Crippen LogP contribution >= 0.6 is 0 Å². The number of hydrogen-bond donors (Lipinski definition) is 2. The first-order valence-electron chi connectivity index (χ1n) is 8.81. The summed E-state index contributed by atoms with van der Waals surface area (Å²) in [6, 6.07) is 6.14. The van der Waals surface area contributed by atoms with Crippen LogP contribution in [0.15, 0.2) is 39.8 Å². The second kappa shape index (κ2) is 8.12. The lowest BCUT2D eigenvalue weighted by Gasteiger charge is -2.19. The molecule has 1 saturated heterocycles. The smallest absolute Gasteiger partial charge is 0.258 e. The van der Waals surface area contributed by atoms with E-state index in [9.17, 15) is 13.2 Å². The van der Waals surface area contributed by atoms with E-state index in [0.29, 0.717) is 36.7 Å². The summed E-state index contributed by atoms with van der Waals surface area (Å²) in [5.74, 6) is 0.354. The van der Waals surface area contributed by atoms with E-state index in [-0.39, 0.29) is 17.2 Å². The molecule has 9 heteroatoms. The van der Waals surface area contributed by atoms with Crippen molar-refractivity contribution in [3.05, 3.63) is 41.9 Å². The summed E-state index contributed by atoms with van der Waals surface area (Å²) in [6.45, 7) is 3.29. The van der Waals surface area contributed by atoms with Gasteiger partial charge in [0.2, 0.25) is 10.0 Å². The van der Waals surface area contributed by atoms with E-state index in [4.69, 9.17) is 14.9 Å². The number of amides is 1. The van der Waals surface area contributed by atoms with Gasteiger partial charge in [-0.25, -0.2) is 8.42 Å². The van der Waals surface area contributed by atoms with Gasteiger partial charge in [0.1, 0.15) is 22.7 Å². The van der Waals surface area contributed by atoms with E-state index in [1.807, 2.05) is 0 Å². The molecule has 0 atom stereocenters. The van der Waals surface area contributed by atoms with Gasteiger partial charge in [-0.05, 0) is 44.0 Å². The maximum atomic E-state index is 13.0. The number of nitrogens with two attached hydrogens (primary N) is 1. The molecule has 0 radical (unpaired) electrons. The summed E-state index contributed by atoms with van der Waals surface area (Å²) in [7, 11) is -3.69. The van der Waals surface area contributed by atoms with Crippen LogP contribution in [0.3, 0.4) is 0 Å².